The Kier molecular flexibility index (Phi) is 3.43. The SMILES string of the molecule is COCCOc1ccc2c(c1)[NH+]([O-])NC(=O)N2. The fourth-order valence-electron chi connectivity index (χ4n) is 1.48. The van der Waals surface area contributed by atoms with Crippen molar-refractivity contribution in [3.05, 3.63) is 23.4 Å². The maximum atomic E-state index is 11.5. The quantitative estimate of drug-likeness (QED) is 0.500. The molecular formula is C10H13N3O4. The number of nitrogens with one attached hydrogen (secondary N) is 3. The smallest absolute Gasteiger partial charge is 0.364 e. The summed E-state index contributed by atoms with van der Waals surface area (Å²) in [4.78, 5) is 11.0. The van der Waals surface area contributed by atoms with Crippen LogP contribution in [-0.4, -0.2) is 26.4 Å². The average Bonchev–Trinajstić information content (AvgIpc) is 2.30. The molecule has 7 nitrogen and oxygen atoms in total. The molecule has 0 bridgehead atoms. The van der Waals surface area contributed by atoms with E-state index in [4.69, 9.17) is 9.47 Å². The van der Waals surface area contributed by atoms with E-state index in [1.165, 1.54) is 0 Å². The zero-order valence-corrected chi connectivity index (χ0v) is 9.28. The number of carbonyl (C=O) groups excluding carboxylic acids is 1. The van der Waals surface area contributed by atoms with Gasteiger partial charge in [0.25, 0.3) is 0 Å². The van der Waals surface area contributed by atoms with Crippen molar-refractivity contribution in [2.45, 2.75) is 0 Å². The Morgan fingerprint density at radius 2 is 2.24 bits per heavy atom. The molecule has 0 saturated carbocycles. The van der Waals surface area contributed by atoms with Crippen LogP contribution in [0.5, 0.6) is 5.75 Å². The molecule has 2 rings (SSSR count). The van der Waals surface area contributed by atoms with Crippen LogP contribution >= 0.6 is 0 Å². The number of quaternary nitrogens is 1. The number of methoxy groups -OCH3 is 1. The van der Waals surface area contributed by atoms with Gasteiger partial charge in [0.1, 0.15) is 18.0 Å². The molecule has 1 aliphatic rings. The number of rotatable bonds is 4. The van der Waals surface area contributed by atoms with E-state index < -0.39 is 11.2 Å². The molecular weight excluding hydrogens is 226 g/mol. The van der Waals surface area contributed by atoms with Crippen LogP contribution in [0.25, 0.3) is 0 Å². The van der Waals surface area contributed by atoms with Crippen molar-refractivity contribution in [1.29, 1.82) is 0 Å². The molecule has 2 amide bonds. The summed E-state index contributed by atoms with van der Waals surface area (Å²) in [7, 11) is 1.58. The van der Waals surface area contributed by atoms with Gasteiger partial charge in [-0.25, -0.2) is 9.97 Å². The normalized spacial score (nSPS) is 18.0. The molecule has 1 heterocycles. The lowest BCUT2D eigenvalue weighted by atomic mass is 10.2. The Balaban J connectivity index is 2.13. The molecule has 0 aromatic heterocycles. The van der Waals surface area contributed by atoms with Crippen molar-refractivity contribution in [1.82, 2.24) is 5.43 Å². The van der Waals surface area contributed by atoms with E-state index in [0.29, 0.717) is 30.3 Å². The van der Waals surface area contributed by atoms with Crippen molar-refractivity contribution >= 4 is 17.4 Å². The topological polar surface area (TPSA) is 87.1 Å². The highest BCUT2D eigenvalue weighted by atomic mass is 16.5. The summed E-state index contributed by atoms with van der Waals surface area (Å²) < 4.78 is 10.2. The van der Waals surface area contributed by atoms with Crippen molar-refractivity contribution in [3.8, 4) is 5.75 Å². The van der Waals surface area contributed by atoms with Crippen LogP contribution in [0.1, 0.15) is 0 Å². The lowest BCUT2D eigenvalue weighted by molar-refractivity contribution is -0.817. The Bertz CT molecular complexity index is 424. The standard InChI is InChI=1S/C10H13N3O4/c1-16-4-5-17-7-2-3-8-9(6-7)13(15)12-10(14)11-8/h2-3,6,13H,4-5H2,1H3,(H2,11,12,14). The van der Waals surface area contributed by atoms with Gasteiger partial charge in [0, 0.05) is 13.2 Å². The summed E-state index contributed by atoms with van der Waals surface area (Å²) in [6.45, 7) is 0.878. The van der Waals surface area contributed by atoms with Gasteiger partial charge in [-0.05, 0) is 12.1 Å². The second-order valence-electron chi connectivity index (χ2n) is 3.46. The third kappa shape index (κ3) is 2.64. The van der Waals surface area contributed by atoms with Crippen molar-refractivity contribution in [2.24, 2.45) is 0 Å². The maximum absolute atomic E-state index is 11.5. The van der Waals surface area contributed by atoms with Crippen LogP contribution in [0.4, 0.5) is 16.2 Å². The number of fused-ring (bicyclic) bond motifs is 1. The summed E-state index contributed by atoms with van der Waals surface area (Å²) >= 11 is 0. The number of hydrogen-bond acceptors (Lipinski definition) is 4. The fraction of sp³-hybridized carbons (Fsp3) is 0.300. The molecule has 1 aromatic rings. The number of anilines is 1. The van der Waals surface area contributed by atoms with E-state index in [0.717, 1.165) is 0 Å². The minimum Gasteiger partial charge on any atom is -0.603 e. The third-order valence-electron chi connectivity index (χ3n) is 2.27. The van der Waals surface area contributed by atoms with Crippen LogP contribution < -0.4 is 20.7 Å². The molecule has 1 atom stereocenters. The minimum atomic E-state index is -0.518. The highest BCUT2D eigenvalue weighted by molar-refractivity contribution is 5.93. The van der Waals surface area contributed by atoms with Gasteiger partial charge >= 0.3 is 6.03 Å². The average molecular weight is 239 g/mol. The Morgan fingerprint density at radius 1 is 1.41 bits per heavy atom. The lowest BCUT2D eigenvalue weighted by Gasteiger charge is -2.28. The van der Waals surface area contributed by atoms with Crippen molar-refractivity contribution < 1.29 is 19.4 Å². The predicted octanol–water partition coefficient (Wildman–Crippen LogP) is -0.224. The number of urea groups is 1. The molecule has 0 spiro atoms. The predicted molar refractivity (Wildman–Crippen MR) is 60.0 cm³/mol. The van der Waals surface area contributed by atoms with Crippen LogP contribution in [0.15, 0.2) is 18.2 Å². The lowest BCUT2D eigenvalue weighted by Crippen LogP contribution is -3.11. The molecule has 0 saturated heterocycles. The van der Waals surface area contributed by atoms with E-state index in [-0.39, 0.29) is 0 Å². The molecule has 0 radical (unpaired) electrons. The first-order chi connectivity index (χ1) is 8.20. The molecule has 0 fully saturated rings. The van der Waals surface area contributed by atoms with Crippen LogP contribution in [-0.2, 0) is 4.74 Å². The fourth-order valence-corrected chi connectivity index (χ4v) is 1.48. The molecule has 1 unspecified atom stereocenters. The largest absolute Gasteiger partial charge is 0.603 e. The third-order valence-corrected chi connectivity index (χ3v) is 2.27. The van der Waals surface area contributed by atoms with Gasteiger partial charge < -0.3 is 14.7 Å². The Hall–Kier alpha value is -1.83. The molecule has 1 aromatic carbocycles. The van der Waals surface area contributed by atoms with E-state index in [9.17, 15) is 10.0 Å². The van der Waals surface area contributed by atoms with Crippen LogP contribution in [0.2, 0.25) is 0 Å². The van der Waals surface area contributed by atoms with Crippen molar-refractivity contribution in [3.63, 3.8) is 0 Å². The van der Waals surface area contributed by atoms with Gasteiger partial charge in [-0.1, -0.05) is 0 Å². The summed E-state index contributed by atoms with van der Waals surface area (Å²) in [5, 5.41) is 13.6. The van der Waals surface area contributed by atoms with Gasteiger partial charge in [-0.3, -0.25) is 5.32 Å². The summed E-state index contributed by atoms with van der Waals surface area (Å²) in [5.74, 6) is 0.562. The molecule has 17 heavy (non-hydrogen) atoms. The summed E-state index contributed by atoms with van der Waals surface area (Å²) in [6.07, 6.45) is 0. The molecule has 7 heteroatoms. The van der Waals surface area contributed by atoms with E-state index in [2.05, 4.69) is 10.7 Å². The van der Waals surface area contributed by atoms with Gasteiger partial charge in [-0.2, -0.15) is 5.43 Å². The number of carbonyl (C=O) groups is 1. The van der Waals surface area contributed by atoms with Gasteiger partial charge in [0.05, 0.1) is 6.61 Å². The zero-order valence-electron chi connectivity index (χ0n) is 9.28. The number of hydrogen-bond donors (Lipinski definition) is 3. The maximum Gasteiger partial charge on any atom is 0.364 e. The second-order valence-corrected chi connectivity index (χ2v) is 3.46. The minimum absolute atomic E-state index is 0.388. The first-order valence-corrected chi connectivity index (χ1v) is 5.09. The number of ether oxygens (including phenoxy) is 2. The number of benzene rings is 1. The van der Waals surface area contributed by atoms with Crippen LogP contribution in [0, 0.1) is 5.21 Å². The Morgan fingerprint density at radius 3 is 3.00 bits per heavy atom. The van der Waals surface area contributed by atoms with Gasteiger partial charge in [-0.15, -0.1) is 0 Å². The van der Waals surface area contributed by atoms with Crippen molar-refractivity contribution in [2.75, 3.05) is 25.6 Å². The van der Waals surface area contributed by atoms with Crippen LogP contribution in [0.3, 0.4) is 0 Å². The molecule has 0 aliphatic carbocycles. The summed E-state index contributed by atoms with van der Waals surface area (Å²) in [6, 6.07) is 4.39. The highest BCUT2D eigenvalue weighted by Gasteiger charge is 2.21. The second kappa shape index (κ2) is 5.00. The Labute approximate surface area is 97.9 Å². The summed E-state index contributed by atoms with van der Waals surface area (Å²) in [5.41, 5.74) is 3.03. The monoisotopic (exact) mass is 239 g/mol. The highest BCUT2D eigenvalue weighted by Crippen LogP contribution is 2.25. The first-order valence-electron chi connectivity index (χ1n) is 5.09. The first kappa shape index (κ1) is 11.6. The zero-order chi connectivity index (χ0) is 12.3. The molecule has 1 aliphatic heterocycles. The van der Waals surface area contributed by atoms with E-state index in [1.54, 1.807) is 25.3 Å². The van der Waals surface area contributed by atoms with E-state index >= 15 is 0 Å². The van der Waals surface area contributed by atoms with E-state index in [1.807, 2.05) is 0 Å². The molecule has 92 valence electrons. The number of amides is 2. The molecule has 3 N–H and O–H groups in total. The van der Waals surface area contributed by atoms with Gasteiger partial charge in [0.15, 0.2) is 5.69 Å². The van der Waals surface area contributed by atoms with Gasteiger partial charge in [0.2, 0.25) is 0 Å².